The molecular formula is C5H3F4N3O2. The van der Waals surface area contributed by atoms with E-state index < -0.39 is 31.0 Å². The fourth-order valence-corrected chi connectivity index (χ4v) is 0.518. The molecule has 0 fully saturated rings. The second kappa shape index (κ2) is 4.44. The van der Waals surface area contributed by atoms with Crippen LogP contribution in [-0.4, -0.2) is 22.0 Å². The largest absolute Gasteiger partial charge is 0.432 e. The van der Waals surface area contributed by atoms with E-state index in [0.29, 0.717) is 0 Å². The molecule has 0 saturated heterocycles. The number of nitrogens with one attached hydrogen (secondary N) is 1. The number of aromatic amines is 1. The summed E-state index contributed by atoms with van der Waals surface area (Å²) in [7, 11) is 0. The molecule has 1 N–H and O–H groups in total. The van der Waals surface area contributed by atoms with E-state index in [1.807, 2.05) is 4.98 Å². The fourth-order valence-electron chi connectivity index (χ4n) is 0.518. The fraction of sp³-hybridized carbons (Fsp3) is 0.200. The van der Waals surface area contributed by atoms with Crippen LogP contribution in [0, 0.1) is 0 Å². The molecule has 0 radical (unpaired) electrons. The highest BCUT2D eigenvalue weighted by Gasteiger charge is 2.11. The maximum atomic E-state index is 12.1. The monoisotopic (exact) mass is 213 g/mol. The van der Waals surface area contributed by atoms with Crippen LogP contribution in [0.3, 0.4) is 0 Å². The lowest BCUT2D eigenvalue weighted by Crippen LogP contribution is -1.93. The van der Waals surface area contributed by atoms with Gasteiger partial charge in [-0.1, -0.05) is 10.2 Å². The third-order valence-corrected chi connectivity index (χ3v) is 0.972. The average molecular weight is 213 g/mol. The van der Waals surface area contributed by atoms with Gasteiger partial charge in [0, 0.05) is 0 Å². The highest BCUT2D eigenvalue weighted by atomic mass is 19.3. The van der Waals surface area contributed by atoms with Crippen LogP contribution in [0.25, 0.3) is 0 Å². The van der Waals surface area contributed by atoms with E-state index >= 15 is 0 Å². The van der Waals surface area contributed by atoms with Gasteiger partial charge in [-0.2, -0.15) is 13.2 Å². The van der Waals surface area contributed by atoms with Crippen molar-refractivity contribution in [3.05, 3.63) is 12.1 Å². The molecule has 78 valence electrons. The van der Waals surface area contributed by atoms with Crippen molar-refractivity contribution in [3.63, 3.8) is 0 Å². The van der Waals surface area contributed by atoms with Gasteiger partial charge in [-0.3, -0.25) is 4.98 Å². The van der Waals surface area contributed by atoms with Gasteiger partial charge < -0.3 is 9.47 Å². The summed E-state index contributed by atoms with van der Waals surface area (Å²) in [6.07, 6.45) is -2.64. The smallest absolute Gasteiger partial charge is 0.347 e. The summed E-state index contributed by atoms with van der Waals surface area (Å²) in [6, 6.07) is -3.19. The maximum Gasteiger partial charge on any atom is 0.347 e. The number of H-pyrrole nitrogens is 1. The summed E-state index contributed by atoms with van der Waals surface area (Å²) in [4.78, 5) is 1.99. The molecule has 14 heavy (non-hydrogen) atoms. The third-order valence-electron chi connectivity index (χ3n) is 0.972. The lowest BCUT2D eigenvalue weighted by atomic mass is 11.0. The topological polar surface area (TPSA) is 60.0 Å². The molecule has 0 amide bonds. The zero-order valence-corrected chi connectivity index (χ0v) is 6.43. The molecule has 0 atom stereocenters. The maximum absolute atomic E-state index is 12.1. The zero-order chi connectivity index (χ0) is 10.6. The Morgan fingerprint density at radius 3 is 2.43 bits per heavy atom. The second-order valence-electron chi connectivity index (χ2n) is 1.82. The van der Waals surface area contributed by atoms with E-state index in [4.69, 9.17) is 0 Å². The average Bonchev–Trinajstić information content (AvgIpc) is 2.53. The van der Waals surface area contributed by atoms with Crippen molar-refractivity contribution < 1.29 is 27.0 Å². The molecule has 5 nitrogen and oxygen atoms in total. The standard InChI is InChI=1S/C5H3F4N3O2/c6-1-13-4-10-5(12-11-4)14-3(9)2(7)8/h1H2,(H,10,11,12). The molecular weight excluding hydrogens is 210 g/mol. The molecule has 1 aromatic heterocycles. The van der Waals surface area contributed by atoms with E-state index in [0.717, 1.165) is 0 Å². The highest BCUT2D eigenvalue weighted by molar-refractivity contribution is 5.02. The first kappa shape index (κ1) is 10.3. The molecule has 0 bridgehead atoms. The molecule has 0 saturated carbocycles. The second-order valence-corrected chi connectivity index (χ2v) is 1.82. The van der Waals surface area contributed by atoms with Crippen LogP contribution in [0.5, 0.6) is 12.0 Å². The van der Waals surface area contributed by atoms with E-state index in [1.54, 1.807) is 0 Å². The summed E-state index contributed by atoms with van der Waals surface area (Å²) >= 11 is 0. The van der Waals surface area contributed by atoms with Crippen molar-refractivity contribution in [3.8, 4) is 12.0 Å². The molecule has 1 heterocycles. The van der Waals surface area contributed by atoms with Crippen molar-refractivity contribution in [1.82, 2.24) is 15.2 Å². The van der Waals surface area contributed by atoms with Gasteiger partial charge in [0.15, 0.2) is 0 Å². The molecule has 9 heteroatoms. The Balaban J connectivity index is 2.64. The molecule has 0 spiro atoms. The lowest BCUT2D eigenvalue weighted by Gasteiger charge is -1.94. The summed E-state index contributed by atoms with van der Waals surface area (Å²) in [5, 5.41) is 6.12. The van der Waals surface area contributed by atoms with Crippen molar-refractivity contribution in [1.29, 1.82) is 0 Å². The van der Waals surface area contributed by atoms with Gasteiger partial charge in [0.05, 0.1) is 0 Å². The van der Waals surface area contributed by atoms with E-state index in [1.165, 1.54) is 0 Å². The molecule has 0 aliphatic heterocycles. The minimum absolute atomic E-state index is 0.408. The van der Waals surface area contributed by atoms with Gasteiger partial charge >= 0.3 is 24.1 Å². The number of halogens is 4. The number of aromatic nitrogens is 3. The molecule has 0 aliphatic rings. The number of ether oxygens (including phenoxy) is 2. The Bertz CT molecular complexity index is 335. The quantitative estimate of drug-likeness (QED) is 0.608. The van der Waals surface area contributed by atoms with Gasteiger partial charge in [0.25, 0.3) is 0 Å². The predicted octanol–water partition coefficient (Wildman–Crippen LogP) is 1.52. The predicted molar refractivity (Wildman–Crippen MR) is 34.0 cm³/mol. The number of alkyl halides is 1. The van der Waals surface area contributed by atoms with Crippen LogP contribution in [0.2, 0.25) is 0 Å². The van der Waals surface area contributed by atoms with Gasteiger partial charge in [-0.15, -0.1) is 0 Å². The normalized spacial score (nSPS) is 9.71. The van der Waals surface area contributed by atoms with Gasteiger partial charge in [0.1, 0.15) is 0 Å². The van der Waals surface area contributed by atoms with E-state index in [2.05, 4.69) is 19.7 Å². The minimum Gasteiger partial charge on any atom is -0.432 e. The number of nitrogens with zero attached hydrogens (tertiary/aromatic N) is 2. The molecule has 1 aromatic rings. The van der Waals surface area contributed by atoms with E-state index in [-0.39, 0.29) is 0 Å². The Hall–Kier alpha value is -1.80. The van der Waals surface area contributed by atoms with E-state index in [9.17, 15) is 17.6 Å². The molecule has 0 aliphatic carbocycles. The summed E-state index contributed by atoms with van der Waals surface area (Å²) in [6.45, 7) is -1.19. The summed E-state index contributed by atoms with van der Waals surface area (Å²) < 4.78 is 54.6. The number of rotatable bonds is 4. The first-order valence-corrected chi connectivity index (χ1v) is 3.13. The van der Waals surface area contributed by atoms with Gasteiger partial charge in [-0.05, 0) is 0 Å². The van der Waals surface area contributed by atoms with Crippen molar-refractivity contribution in [2.75, 3.05) is 6.86 Å². The molecule has 0 unspecified atom stereocenters. The Morgan fingerprint density at radius 2 is 1.86 bits per heavy atom. The van der Waals surface area contributed by atoms with Crippen molar-refractivity contribution in [2.45, 2.75) is 0 Å². The highest BCUT2D eigenvalue weighted by Crippen LogP contribution is 2.15. The van der Waals surface area contributed by atoms with Crippen molar-refractivity contribution in [2.24, 2.45) is 0 Å². The van der Waals surface area contributed by atoms with Gasteiger partial charge in [-0.25, -0.2) is 4.39 Å². The third kappa shape index (κ3) is 2.61. The first-order chi connectivity index (χ1) is 6.63. The van der Waals surface area contributed by atoms with Crippen LogP contribution >= 0.6 is 0 Å². The summed E-state index contributed by atoms with van der Waals surface area (Å²) in [5.41, 5.74) is 0. The van der Waals surface area contributed by atoms with Crippen LogP contribution in [0.1, 0.15) is 0 Å². The number of hydrogen-bond acceptors (Lipinski definition) is 4. The lowest BCUT2D eigenvalue weighted by molar-refractivity contribution is 0.176. The van der Waals surface area contributed by atoms with Crippen LogP contribution in [-0.2, 0) is 0 Å². The SMILES string of the molecule is FCOc1nnc(OC(F)=C(F)F)[nH]1. The molecule has 0 aromatic carbocycles. The first-order valence-electron chi connectivity index (χ1n) is 3.13. The minimum atomic E-state index is -2.64. The Labute approximate surface area is 74.3 Å². The molecule has 1 rings (SSSR count). The Kier molecular flexibility index (Phi) is 3.26. The Morgan fingerprint density at radius 1 is 1.21 bits per heavy atom. The van der Waals surface area contributed by atoms with Crippen LogP contribution in [0.4, 0.5) is 17.6 Å². The van der Waals surface area contributed by atoms with Gasteiger partial charge in [0.2, 0.25) is 6.86 Å². The van der Waals surface area contributed by atoms with Crippen LogP contribution in [0.15, 0.2) is 12.1 Å². The van der Waals surface area contributed by atoms with Crippen LogP contribution < -0.4 is 9.47 Å². The zero-order valence-electron chi connectivity index (χ0n) is 6.43. The van der Waals surface area contributed by atoms with Crippen molar-refractivity contribution >= 4 is 0 Å². The number of hydrogen-bond donors (Lipinski definition) is 1. The summed E-state index contributed by atoms with van der Waals surface area (Å²) in [5.74, 6) is 0.